The fourth-order valence-electron chi connectivity index (χ4n) is 3.78. The molecule has 0 aliphatic rings. The van der Waals surface area contributed by atoms with Crippen molar-refractivity contribution in [2.24, 2.45) is 5.73 Å². The van der Waals surface area contributed by atoms with Crippen molar-refractivity contribution in [3.05, 3.63) is 34.6 Å². The Bertz CT molecular complexity index is 439. The van der Waals surface area contributed by atoms with Gasteiger partial charge in [-0.05, 0) is 57.0 Å². The predicted molar refractivity (Wildman–Crippen MR) is 89.0 cm³/mol. The van der Waals surface area contributed by atoms with Gasteiger partial charge in [0.2, 0.25) is 0 Å². The summed E-state index contributed by atoms with van der Waals surface area (Å²) in [6.45, 7) is 14.3. The van der Waals surface area contributed by atoms with E-state index in [1.165, 1.54) is 0 Å². The van der Waals surface area contributed by atoms with Crippen LogP contribution in [-0.4, -0.2) is 23.5 Å². The maximum absolute atomic E-state index is 14.5. The number of rotatable bonds is 7. The minimum atomic E-state index is -0.312. The Labute approximate surface area is 129 Å². The highest BCUT2D eigenvalue weighted by Gasteiger charge is 2.40. The zero-order chi connectivity index (χ0) is 16.2. The molecule has 0 radical (unpaired) electrons. The average Bonchev–Trinajstić information content (AvgIpc) is 2.43. The Kier molecular flexibility index (Phi) is 6.36. The predicted octanol–water partition coefficient (Wildman–Crippen LogP) is 4.34. The lowest BCUT2D eigenvalue weighted by Gasteiger charge is -2.47. The van der Waals surface area contributed by atoms with E-state index in [2.05, 4.69) is 32.6 Å². The van der Waals surface area contributed by atoms with Crippen molar-refractivity contribution in [2.45, 2.75) is 66.0 Å². The van der Waals surface area contributed by atoms with Gasteiger partial charge in [0.05, 0.1) is 6.04 Å². The van der Waals surface area contributed by atoms with Crippen molar-refractivity contribution in [3.63, 3.8) is 0 Å². The van der Waals surface area contributed by atoms with Gasteiger partial charge in [-0.25, -0.2) is 4.39 Å². The monoisotopic (exact) mass is 294 g/mol. The average molecular weight is 294 g/mol. The van der Waals surface area contributed by atoms with Gasteiger partial charge in [-0.2, -0.15) is 0 Å². The highest BCUT2D eigenvalue weighted by Crippen LogP contribution is 2.38. The molecular formula is C18H31FN2. The molecule has 2 nitrogen and oxygen atoms in total. The zero-order valence-corrected chi connectivity index (χ0v) is 14.5. The minimum absolute atomic E-state index is 0.168. The van der Waals surface area contributed by atoms with Crippen LogP contribution in [0.2, 0.25) is 0 Å². The number of likely N-dealkylation sites (N-methyl/N-ethyl adjacent to an activating group) is 1. The number of hydrogen-bond acceptors (Lipinski definition) is 2. The molecule has 0 heterocycles. The molecule has 0 saturated heterocycles. The Morgan fingerprint density at radius 3 is 2.00 bits per heavy atom. The minimum Gasteiger partial charge on any atom is -0.322 e. The molecule has 0 aromatic heterocycles. The third kappa shape index (κ3) is 3.29. The van der Waals surface area contributed by atoms with E-state index in [0.717, 1.165) is 37.1 Å². The van der Waals surface area contributed by atoms with E-state index in [1.54, 1.807) is 6.07 Å². The molecule has 1 atom stereocenters. The molecule has 0 aliphatic carbocycles. The van der Waals surface area contributed by atoms with Gasteiger partial charge in [0.1, 0.15) is 5.82 Å². The Morgan fingerprint density at radius 2 is 1.62 bits per heavy atom. The van der Waals surface area contributed by atoms with Crippen molar-refractivity contribution in [1.29, 1.82) is 0 Å². The van der Waals surface area contributed by atoms with Crippen LogP contribution < -0.4 is 5.73 Å². The molecule has 0 spiro atoms. The van der Waals surface area contributed by atoms with Gasteiger partial charge in [0, 0.05) is 11.1 Å². The lowest BCUT2D eigenvalue weighted by Crippen LogP contribution is -2.55. The summed E-state index contributed by atoms with van der Waals surface area (Å²) in [6, 6.07) is 3.31. The number of aryl methyl sites for hydroxylation is 2. The number of benzene rings is 1. The van der Waals surface area contributed by atoms with Gasteiger partial charge in [-0.15, -0.1) is 0 Å². The van der Waals surface area contributed by atoms with Crippen LogP contribution in [-0.2, 0) is 0 Å². The summed E-state index contributed by atoms with van der Waals surface area (Å²) < 4.78 is 14.5. The molecule has 1 unspecified atom stereocenters. The Morgan fingerprint density at radius 1 is 1.10 bits per heavy atom. The second kappa shape index (κ2) is 7.37. The van der Waals surface area contributed by atoms with Crippen molar-refractivity contribution < 1.29 is 4.39 Å². The topological polar surface area (TPSA) is 29.3 Å². The molecule has 1 aromatic rings. The molecule has 0 aliphatic heterocycles. The molecule has 0 amide bonds. The van der Waals surface area contributed by atoms with E-state index in [0.29, 0.717) is 5.56 Å². The molecule has 0 fully saturated rings. The summed E-state index contributed by atoms with van der Waals surface area (Å²) >= 11 is 0. The summed E-state index contributed by atoms with van der Waals surface area (Å²) in [5.41, 5.74) is 9.01. The number of nitrogens with two attached hydrogens (primary N) is 1. The van der Waals surface area contributed by atoms with Crippen LogP contribution in [0.5, 0.6) is 0 Å². The van der Waals surface area contributed by atoms with Crippen LogP contribution in [0.15, 0.2) is 12.1 Å². The van der Waals surface area contributed by atoms with E-state index in [-0.39, 0.29) is 17.4 Å². The first kappa shape index (κ1) is 18.1. The maximum atomic E-state index is 14.5. The molecule has 3 heteroatoms. The first-order valence-electron chi connectivity index (χ1n) is 8.15. The SMILES string of the molecule is CCN(CC)C(CC)(CC)C(N)c1c(C)cc(C)cc1F. The molecule has 1 aromatic carbocycles. The molecule has 21 heavy (non-hydrogen) atoms. The number of hydrogen-bond donors (Lipinski definition) is 1. The molecule has 120 valence electrons. The van der Waals surface area contributed by atoms with Gasteiger partial charge in [0.25, 0.3) is 0 Å². The smallest absolute Gasteiger partial charge is 0.128 e. The van der Waals surface area contributed by atoms with Crippen LogP contribution in [0.1, 0.15) is 63.3 Å². The second-order valence-electron chi connectivity index (χ2n) is 5.94. The largest absolute Gasteiger partial charge is 0.322 e. The Hall–Kier alpha value is -0.930. The number of halogens is 1. The first-order valence-corrected chi connectivity index (χ1v) is 8.15. The van der Waals surface area contributed by atoms with Crippen LogP contribution in [0.25, 0.3) is 0 Å². The van der Waals surface area contributed by atoms with E-state index < -0.39 is 0 Å². The fraction of sp³-hybridized carbons (Fsp3) is 0.667. The van der Waals surface area contributed by atoms with Gasteiger partial charge in [0.15, 0.2) is 0 Å². The summed E-state index contributed by atoms with van der Waals surface area (Å²) in [4.78, 5) is 2.39. The highest BCUT2D eigenvalue weighted by molar-refractivity contribution is 5.36. The van der Waals surface area contributed by atoms with E-state index in [1.807, 2.05) is 19.9 Å². The van der Waals surface area contributed by atoms with E-state index in [9.17, 15) is 4.39 Å². The van der Waals surface area contributed by atoms with Crippen LogP contribution >= 0.6 is 0 Å². The molecule has 1 rings (SSSR count). The quantitative estimate of drug-likeness (QED) is 0.810. The van der Waals surface area contributed by atoms with Crippen LogP contribution in [0.3, 0.4) is 0 Å². The summed E-state index contributed by atoms with van der Waals surface area (Å²) in [7, 11) is 0. The van der Waals surface area contributed by atoms with Crippen LogP contribution in [0, 0.1) is 19.7 Å². The van der Waals surface area contributed by atoms with Crippen molar-refractivity contribution >= 4 is 0 Å². The van der Waals surface area contributed by atoms with Crippen LogP contribution in [0.4, 0.5) is 4.39 Å². The molecule has 2 N–H and O–H groups in total. The van der Waals surface area contributed by atoms with E-state index >= 15 is 0 Å². The summed E-state index contributed by atoms with van der Waals surface area (Å²) in [5, 5.41) is 0. The first-order chi connectivity index (χ1) is 9.87. The fourth-order valence-corrected chi connectivity index (χ4v) is 3.78. The normalized spacial score (nSPS) is 13.8. The lowest BCUT2D eigenvalue weighted by molar-refractivity contribution is 0.0611. The summed E-state index contributed by atoms with van der Waals surface area (Å²) in [6.07, 6.45) is 1.83. The van der Waals surface area contributed by atoms with Crippen molar-refractivity contribution in [2.75, 3.05) is 13.1 Å². The van der Waals surface area contributed by atoms with Crippen molar-refractivity contribution in [1.82, 2.24) is 4.90 Å². The third-order valence-electron chi connectivity index (χ3n) is 4.99. The molecule has 0 bridgehead atoms. The highest BCUT2D eigenvalue weighted by atomic mass is 19.1. The number of nitrogens with zero attached hydrogens (tertiary/aromatic N) is 1. The van der Waals surface area contributed by atoms with Gasteiger partial charge in [-0.3, -0.25) is 4.90 Å². The molecular weight excluding hydrogens is 263 g/mol. The van der Waals surface area contributed by atoms with E-state index in [4.69, 9.17) is 5.73 Å². The lowest BCUT2D eigenvalue weighted by atomic mass is 9.78. The van der Waals surface area contributed by atoms with Gasteiger partial charge in [-0.1, -0.05) is 33.8 Å². The maximum Gasteiger partial charge on any atom is 0.128 e. The zero-order valence-electron chi connectivity index (χ0n) is 14.5. The third-order valence-corrected chi connectivity index (χ3v) is 4.99. The van der Waals surface area contributed by atoms with Gasteiger partial charge < -0.3 is 5.73 Å². The standard InChI is InChI=1S/C18H31FN2/c1-7-18(8-2,21(9-3)10-4)17(20)16-14(6)11-13(5)12-15(16)19/h11-12,17H,7-10,20H2,1-6H3. The summed E-state index contributed by atoms with van der Waals surface area (Å²) in [5.74, 6) is -0.168. The second-order valence-corrected chi connectivity index (χ2v) is 5.94. The van der Waals surface area contributed by atoms with Gasteiger partial charge >= 0.3 is 0 Å². The van der Waals surface area contributed by atoms with Crippen molar-refractivity contribution in [3.8, 4) is 0 Å². The Balaban J connectivity index is 3.39. The molecule has 0 saturated carbocycles.